The molecule has 1 aromatic rings. The standard InChI is InChI=1S/C15H23NO2/c1-11-5-6-13(15(2,3)4)9-12(11)7-8-16-14(18)10-17/h5-6,9,17H,7-8,10H2,1-4H3,(H,16,18). The summed E-state index contributed by atoms with van der Waals surface area (Å²) in [5.41, 5.74) is 3.93. The molecule has 100 valence electrons. The molecule has 0 spiro atoms. The highest BCUT2D eigenvalue weighted by Crippen LogP contribution is 2.24. The van der Waals surface area contributed by atoms with Gasteiger partial charge < -0.3 is 10.4 Å². The average Bonchev–Trinajstić information content (AvgIpc) is 2.29. The van der Waals surface area contributed by atoms with Gasteiger partial charge >= 0.3 is 0 Å². The molecule has 0 saturated carbocycles. The molecule has 0 heterocycles. The van der Waals surface area contributed by atoms with Gasteiger partial charge in [0.2, 0.25) is 5.91 Å². The lowest BCUT2D eigenvalue weighted by Crippen LogP contribution is -2.28. The summed E-state index contributed by atoms with van der Waals surface area (Å²) >= 11 is 0. The van der Waals surface area contributed by atoms with E-state index in [9.17, 15) is 4.79 Å². The molecule has 0 aliphatic carbocycles. The Balaban J connectivity index is 2.73. The Morgan fingerprint density at radius 1 is 1.33 bits per heavy atom. The Morgan fingerprint density at radius 3 is 2.56 bits per heavy atom. The van der Waals surface area contributed by atoms with Crippen LogP contribution >= 0.6 is 0 Å². The zero-order valence-corrected chi connectivity index (χ0v) is 11.7. The van der Waals surface area contributed by atoms with Crippen LogP contribution in [0, 0.1) is 6.92 Å². The number of aliphatic hydroxyl groups excluding tert-OH is 1. The van der Waals surface area contributed by atoms with Crippen LogP contribution in [-0.2, 0) is 16.6 Å². The summed E-state index contributed by atoms with van der Waals surface area (Å²) in [6.45, 7) is 8.77. The lowest BCUT2D eigenvalue weighted by atomic mass is 9.85. The SMILES string of the molecule is Cc1ccc(C(C)(C)C)cc1CCNC(=O)CO. The van der Waals surface area contributed by atoms with E-state index in [2.05, 4.69) is 51.2 Å². The molecule has 0 radical (unpaired) electrons. The first-order valence-corrected chi connectivity index (χ1v) is 6.32. The van der Waals surface area contributed by atoms with E-state index in [-0.39, 0.29) is 11.3 Å². The summed E-state index contributed by atoms with van der Waals surface area (Å²) in [7, 11) is 0. The van der Waals surface area contributed by atoms with Gasteiger partial charge in [0.15, 0.2) is 0 Å². The van der Waals surface area contributed by atoms with Crippen molar-refractivity contribution in [2.75, 3.05) is 13.2 Å². The molecule has 1 amide bonds. The van der Waals surface area contributed by atoms with Crippen LogP contribution in [0.4, 0.5) is 0 Å². The quantitative estimate of drug-likeness (QED) is 0.857. The maximum Gasteiger partial charge on any atom is 0.245 e. The van der Waals surface area contributed by atoms with Gasteiger partial charge in [-0.25, -0.2) is 0 Å². The van der Waals surface area contributed by atoms with Crippen LogP contribution in [0.5, 0.6) is 0 Å². The smallest absolute Gasteiger partial charge is 0.245 e. The number of hydrogen-bond acceptors (Lipinski definition) is 2. The van der Waals surface area contributed by atoms with Crippen molar-refractivity contribution in [3.63, 3.8) is 0 Å². The normalized spacial score (nSPS) is 11.4. The second-order valence-electron chi connectivity index (χ2n) is 5.65. The van der Waals surface area contributed by atoms with E-state index in [4.69, 9.17) is 5.11 Å². The van der Waals surface area contributed by atoms with Crippen molar-refractivity contribution < 1.29 is 9.90 Å². The molecule has 0 bridgehead atoms. The first-order chi connectivity index (χ1) is 8.34. The van der Waals surface area contributed by atoms with Gasteiger partial charge in [0.05, 0.1) is 0 Å². The number of amides is 1. The van der Waals surface area contributed by atoms with Crippen molar-refractivity contribution >= 4 is 5.91 Å². The molecule has 0 unspecified atom stereocenters. The molecule has 18 heavy (non-hydrogen) atoms. The van der Waals surface area contributed by atoms with Gasteiger partial charge in [0, 0.05) is 6.54 Å². The van der Waals surface area contributed by atoms with Crippen LogP contribution in [0.15, 0.2) is 18.2 Å². The fourth-order valence-corrected chi connectivity index (χ4v) is 1.80. The lowest BCUT2D eigenvalue weighted by molar-refractivity contribution is -0.123. The van der Waals surface area contributed by atoms with Crippen LogP contribution in [-0.4, -0.2) is 24.2 Å². The molecule has 1 aromatic carbocycles. The maximum absolute atomic E-state index is 11.0. The third-order valence-electron chi connectivity index (χ3n) is 3.08. The van der Waals surface area contributed by atoms with Crippen molar-refractivity contribution in [3.05, 3.63) is 34.9 Å². The second-order valence-corrected chi connectivity index (χ2v) is 5.65. The van der Waals surface area contributed by atoms with Crippen molar-refractivity contribution in [2.24, 2.45) is 0 Å². The van der Waals surface area contributed by atoms with Crippen molar-refractivity contribution in [2.45, 2.75) is 39.5 Å². The van der Waals surface area contributed by atoms with Gasteiger partial charge in [-0.2, -0.15) is 0 Å². The second kappa shape index (κ2) is 6.01. The number of benzene rings is 1. The number of rotatable bonds is 4. The summed E-state index contributed by atoms with van der Waals surface area (Å²) < 4.78 is 0. The van der Waals surface area contributed by atoms with Crippen LogP contribution in [0.1, 0.15) is 37.5 Å². The third-order valence-corrected chi connectivity index (χ3v) is 3.08. The van der Waals surface area contributed by atoms with Gasteiger partial charge in [-0.3, -0.25) is 4.79 Å². The van der Waals surface area contributed by atoms with E-state index in [0.29, 0.717) is 6.54 Å². The highest BCUT2D eigenvalue weighted by Gasteiger charge is 2.14. The van der Waals surface area contributed by atoms with E-state index < -0.39 is 6.61 Å². The number of hydrogen-bond donors (Lipinski definition) is 2. The number of aliphatic hydroxyl groups is 1. The largest absolute Gasteiger partial charge is 0.387 e. The molecule has 1 rings (SSSR count). The van der Waals surface area contributed by atoms with E-state index in [1.54, 1.807) is 0 Å². The lowest BCUT2D eigenvalue weighted by Gasteiger charge is -2.21. The Bertz CT molecular complexity index is 419. The van der Waals surface area contributed by atoms with E-state index >= 15 is 0 Å². The Hall–Kier alpha value is -1.35. The predicted octanol–water partition coefficient (Wildman–Crippen LogP) is 1.94. The molecule has 2 N–H and O–H groups in total. The molecule has 0 atom stereocenters. The Morgan fingerprint density at radius 2 is 2.00 bits per heavy atom. The zero-order chi connectivity index (χ0) is 13.8. The van der Waals surface area contributed by atoms with Crippen LogP contribution in [0.3, 0.4) is 0 Å². The highest BCUT2D eigenvalue weighted by molar-refractivity contribution is 5.76. The molecule has 0 aromatic heterocycles. The molecule has 0 aliphatic heterocycles. The molecular formula is C15H23NO2. The Labute approximate surface area is 109 Å². The topological polar surface area (TPSA) is 49.3 Å². The van der Waals surface area contributed by atoms with Crippen molar-refractivity contribution in [3.8, 4) is 0 Å². The zero-order valence-electron chi connectivity index (χ0n) is 11.7. The van der Waals surface area contributed by atoms with Gasteiger partial charge in [-0.05, 0) is 35.4 Å². The predicted molar refractivity (Wildman–Crippen MR) is 73.7 cm³/mol. The number of carbonyl (C=O) groups excluding carboxylic acids is 1. The molecule has 0 aliphatic rings. The first-order valence-electron chi connectivity index (χ1n) is 6.32. The van der Waals surface area contributed by atoms with E-state index in [1.165, 1.54) is 16.7 Å². The van der Waals surface area contributed by atoms with Crippen LogP contribution in [0.2, 0.25) is 0 Å². The van der Waals surface area contributed by atoms with E-state index in [1.807, 2.05) is 0 Å². The maximum atomic E-state index is 11.0. The summed E-state index contributed by atoms with van der Waals surface area (Å²) in [4.78, 5) is 11.0. The molecule has 0 fully saturated rings. The van der Waals surface area contributed by atoms with Crippen molar-refractivity contribution in [1.82, 2.24) is 5.32 Å². The Kier molecular flexibility index (Phi) is 4.91. The molecule has 0 saturated heterocycles. The molecule has 3 nitrogen and oxygen atoms in total. The minimum absolute atomic E-state index is 0.136. The fraction of sp³-hybridized carbons (Fsp3) is 0.533. The minimum atomic E-state index is -0.443. The number of nitrogens with one attached hydrogen (secondary N) is 1. The first kappa shape index (κ1) is 14.7. The summed E-state index contributed by atoms with van der Waals surface area (Å²) in [6, 6.07) is 6.50. The molecule has 3 heteroatoms. The molecular weight excluding hydrogens is 226 g/mol. The minimum Gasteiger partial charge on any atom is -0.387 e. The van der Waals surface area contributed by atoms with Gasteiger partial charge in [0.1, 0.15) is 6.61 Å². The summed E-state index contributed by atoms with van der Waals surface area (Å²) in [5, 5.41) is 11.3. The monoisotopic (exact) mass is 249 g/mol. The van der Waals surface area contributed by atoms with Gasteiger partial charge in [-0.1, -0.05) is 39.0 Å². The van der Waals surface area contributed by atoms with Crippen LogP contribution in [0.25, 0.3) is 0 Å². The van der Waals surface area contributed by atoms with E-state index in [0.717, 1.165) is 6.42 Å². The fourth-order valence-electron chi connectivity index (χ4n) is 1.80. The highest BCUT2D eigenvalue weighted by atomic mass is 16.3. The summed E-state index contributed by atoms with van der Waals surface area (Å²) in [6.07, 6.45) is 0.793. The van der Waals surface area contributed by atoms with Gasteiger partial charge in [-0.15, -0.1) is 0 Å². The van der Waals surface area contributed by atoms with Crippen LogP contribution < -0.4 is 5.32 Å². The number of aryl methyl sites for hydroxylation is 1. The van der Waals surface area contributed by atoms with Crippen molar-refractivity contribution in [1.29, 1.82) is 0 Å². The average molecular weight is 249 g/mol. The third kappa shape index (κ3) is 4.15. The van der Waals surface area contributed by atoms with Gasteiger partial charge in [0.25, 0.3) is 0 Å². The summed E-state index contributed by atoms with van der Waals surface area (Å²) in [5.74, 6) is -0.320. The number of carbonyl (C=O) groups is 1.